The van der Waals surface area contributed by atoms with E-state index in [9.17, 15) is 9.90 Å². The van der Waals surface area contributed by atoms with Crippen molar-refractivity contribution in [3.63, 3.8) is 0 Å². The van der Waals surface area contributed by atoms with E-state index in [0.717, 1.165) is 19.3 Å². The van der Waals surface area contributed by atoms with Gasteiger partial charge in [-0.2, -0.15) is 0 Å². The second kappa shape index (κ2) is 5.32. The van der Waals surface area contributed by atoms with Crippen molar-refractivity contribution in [1.82, 2.24) is 5.32 Å². The van der Waals surface area contributed by atoms with Gasteiger partial charge in [-0.05, 0) is 25.7 Å². The Balaban J connectivity index is 2.22. The van der Waals surface area contributed by atoms with Gasteiger partial charge in [0.25, 0.3) is 0 Å². The lowest BCUT2D eigenvalue weighted by Crippen LogP contribution is -2.35. The molecule has 0 spiro atoms. The van der Waals surface area contributed by atoms with E-state index in [0.29, 0.717) is 13.0 Å². The zero-order valence-corrected chi connectivity index (χ0v) is 8.70. The van der Waals surface area contributed by atoms with Gasteiger partial charge in [-0.15, -0.1) is 0 Å². The summed E-state index contributed by atoms with van der Waals surface area (Å²) in [7, 11) is 0. The number of rotatable bonds is 4. The van der Waals surface area contributed by atoms with E-state index in [1.54, 1.807) is 0 Å². The minimum Gasteiger partial charge on any atom is -0.391 e. The van der Waals surface area contributed by atoms with Crippen molar-refractivity contribution in [2.24, 2.45) is 11.7 Å². The molecule has 4 nitrogen and oxygen atoms in total. The molecule has 0 aliphatic heterocycles. The Morgan fingerprint density at radius 2 is 2.36 bits per heavy atom. The van der Waals surface area contributed by atoms with Crippen LogP contribution in [0.1, 0.15) is 32.6 Å². The molecule has 1 rings (SSSR count). The molecule has 4 N–H and O–H groups in total. The van der Waals surface area contributed by atoms with Crippen molar-refractivity contribution < 1.29 is 9.90 Å². The number of nitrogens with two attached hydrogens (primary N) is 1. The predicted octanol–water partition coefficient (Wildman–Crippen LogP) is 0.000900. The van der Waals surface area contributed by atoms with Crippen molar-refractivity contribution in [2.45, 2.75) is 44.8 Å². The number of aliphatic hydroxyl groups is 1. The molecule has 1 amide bonds. The molecule has 1 aliphatic rings. The average Bonchev–Trinajstić information content (AvgIpc) is 2.60. The lowest BCUT2D eigenvalue weighted by molar-refractivity contribution is -0.125. The Labute approximate surface area is 84.9 Å². The molecule has 0 heterocycles. The summed E-state index contributed by atoms with van der Waals surface area (Å²) in [6.45, 7) is 2.25. The third kappa shape index (κ3) is 3.27. The molecule has 0 aromatic rings. The maximum absolute atomic E-state index is 11.5. The molecule has 3 atom stereocenters. The number of aliphatic hydroxyl groups excluding tert-OH is 1. The van der Waals surface area contributed by atoms with Crippen LogP contribution < -0.4 is 11.1 Å². The van der Waals surface area contributed by atoms with Gasteiger partial charge in [0.2, 0.25) is 5.91 Å². The quantitative estimate of drug-likeness (QED) is 0.598. The average molecular weight is 200 g/mol. The highest BCUT2D eigenvalue weighted by Gasteiger charge is 2.27. The highest BCUT2D eigenvalue weighted by Crippen LogP contribution is 2.23. The fourth-order valence-corrected chi connectivity index (χ4v) is 1.76. The maximum atomic E-state index is 11.5. The van der Waals surface area contributed by atoms with Gasteiger partial charge in [0.1, 0.15) is 0 Å². The summed E-state index contributed by atoms with van der Waals surface area (Å²) in [6, 6.07) is 0.182. The number of hydrogen-bond donors (Lipinski definition) is 3. The molecule has 0 bridgehead atoms. The van der Waals surface area contributed by atoms with Crippen molar-refractivity contribution >= 4 is 5.91 Å². The van der Waals surface area contributed by atoms with Crippen LogP contribution in [0.3, 0.4) is 0 Å². The minimum atomic E-state index is -0.422. The molecule has 0 aromatic carbocycles. The fourth-order valence-electron chi connectivity index (χ4n) is 1.76. The van der Waals surface area contributed by atoms with Crippen molar-refractivity contribution in [3.8, 4) is 0 Å². The SMILES string of the molecule is CCC(O)CNC(=O)C1CCC(N)C1. The predicted molar refractivity (Wildman–Crippen MR) is 54.6 cm³/mol. The zero-order chi connectivity index (χ0) is 10.6. The maximum Gasteiger partial charge on any atom is 0.223 e. The van der Waals surface area contributed by atoms with Gasteiger partial charge in [-0.1, -0.05) is 6.92 Å². The van der Waals surface area contributed by atoms with Gasteiger partial charge >= 0.3 is 0 Å². The number of hydrogen-bond acceptors (Lipinski definition) is 3. The van der Waals surface area contributed by atoms with Crippen molar-refractivity contribution in [2.75, 3.05) is 6.54 Å². The first-order valence-corrected chi connectivity index (χ1v) is 5.34. The first-order chi connectivity index (χ1) is 6.63. The van der Waals surface area contributed by atoms with Crippen LogP contribution in [-0.2, 0) is 4.79 Å². The molecule has 14 heavy (non-hydrogen) atoms. The lowest BCUT2D eigenvalue weighted by Gasteiger charge is -2.13. The molecule has 1 saturated carbocycles. The van der Waals surface area contributed by atoms with E-state index < -0.39 is 6.10 Å². The monoisotopic (exact) mass is 200 g/mol. The van der Waals surface area contributed by atoms with Gasteiger partial charge in [0, 0.05) is 18.5 Å². The normalized spacial score (nSPS) is 28.8. The molecule has 82 valence electrons. The largest absolute Gasteiger partial charge is 0.391 e. The third-order valence-corrected chi connectivity index (χ3v) is 2.83. The van der Waals surface area contributed by atoms with E-state index in [4.69, 9.17) is 5.73 Å². The number of nitrogens with one attached hydrogen (secondary N) is 1. The van der Waals surface area contributed by atoms with Crippen LogP contribution in [0, 0.1) is 5.92 Å². The number of carbonyl (C=O) groups excluding carboxylic acids is 1. The third-order valence-electron chi connectivity index (χ3n) is 2.83. The number of amides is 1. The van der Waals surface area contributed by atoms with E-state index in [2.05, 4.69) is 5.32 Å². The summed E-state index contributed by atoms with van der Waals surface area (Å²) in [5.41, 5.74) is 5.72. The Hall–Kier alpha value is -0.610. The molecule has 0 saturated heterocycles. The molecule has 1 aliphatic carbocycles. The van der Waals surface area contributed by atoms with Crippen LogP contribution in [0.25, 0.3) is 0 Å². The molecular formula is C10H20N2O2. The highest BCUT2D eigenvalue weighted by molar-refractivity contribution is 5.79. The smallest absolute Gasteiger partial charge is 0.223 e. The standard InChI is InChI=1S/C10H20N2O2/c1-2-9(13)6-12-10(14)7-3-4-8(11)5-7/h7-9,13H,2-6,11H2,1H3,(H,12,14). The second-order valence-electron chi connectivity index (χ2n) is 4.08. The van der Waals surface area contributed by atoms with E-state index in [-0.39, 0.29) is 17.9 Å². The van der Waals surface area contributed by atoms with E-state index >= 15 is 0 Å². The Bertz CT molecular complexity index is 197. The summed E-state index contributed by atoms with van der Waals surface area (Å²) in [5.74, 6) is 0.111. The van der Waals surface area contributed by atoms with Crippen molar-refractivity contribution in [1.29, 1.82) is 0 Å². The second-order valence-corrected chi connectivity index (χ2v) is 4.08. The molecule has 0 aromatic heterocycles. The van der Waals surface area contributed by atoms with E-state index in [1.165, 1.54) is 0 Å². The number of carbonyl (C=O) groups is 1. The summed E-state index contributed by atoms with van der Waals surface area (Å²) >= 11 is 0. The summed E-state index contributed by atoms with van der Waals surface area (Å²) in [5, 5.41) is 12.0. The van der Waals surface area contributed by atoms with Gasteiger partial charge in [-0.3, -0.25) is 4.79 Å². The Morgan fingerprint density at radius 3 is 2.86 bits per heavy atom. The molecule has 3 unspecified atom stereocenters. The molecule has 4 heteroatoms. The van der Waals surface area contributed by atoms with Gasteiger partial charge in [0.05, 0.1) is 6.10 Å². The Kier molecular flexibility index (Phi) is 4.35. The van der Waals surface area contributed by atoms with Gasteiger partial charge < -0.3 is 16.2 Å². The van der Waals surface area contributed by atoms with Crippen molar-refractivity contribution in [3.05, 3.63) is 0 Å². The van der Waals surface area contributed by atoms with Crippen LogP contribution in [0.4, 0.5) is 0 Å². The summed E-state index contributed by atoms with van der Waals surface area (Å²) < 4.78 is 0. The first-order valence-electron chi connectivity index (χ1n) is 5.34. The highest BCUT2D eigenvalue weighted by atomic mass is 16.3. The molecule has 0 radical (unpaired) electrons. The minimum absolute atomic E-state index is 0.0467. The van der Waals surface area contributed by atoms with Crippen LogP contribution in [0.15, 0.2) is 0 Å². The first kappa shape index (κ1) is 11.5. The Morgan fingerprint density at radius 1 is 1.64 bits per heavy atom. The topological polar surface area (TPSA) is 75.3 Å². The van der Waals surface area contributed by atoms with Crippen LogP contribution >= 0.6 is 0 Å². The van der Waals surface area contributed by atoms with E-state index in [1.807, 2.05) is 6.92 Å². The lowest BCUT2D eigenvalue weighted by atomic mass is 10.1. The van der Waals surface area contributed by atoms with Gasteiger partial charge in [0.15, 0.2) is 0 Å². The molecule has 1 fully saturated rings. The molecular weight excluding hydrogens is 180 g/mol. The summed E-state index contributed by atoms with van der Waals surface area (Å²) in [6.07, 6.45) is 2.86. The van der Waals surface area contributed by atoms with Gasteiger partial charge in [-0.25, -0.2) is 0 Å². The summed E-state index contributed by atoms with van der Waals surface area (Å²) in [4.78, 5) is 11.5. The zero-order valence-electron chi connectivity index (χ0n) is 8.70. The fraction of sp³-hybridized carbons (Fsp3) is 0.900. The van der Waals surface area contributed by atoms with Crippen LogP contribution in [0.5, 0.6) is 0 Å². The van der Waals surface area contributed by atoms with Crippen LogP contribution in [-0.4, -0.2) is 29.7 Å². The van der Waals surface area contributed by atoms with Crippen LogP contribution in [0.2, 0.25) is 0 Å².